The van der Waals surface area contributed by atoms with Crippen LogP contribution in [0.2, 0.25) is 0 Å². The summed E-state index contributed by atoms with van der Waals surface area (Å²) in [6.07, 6.45) is 4.10. The fraction of sp³-hybridized carbons (Fsp3) is 0.100. The molecule has 0 bridgehead atoms. The van der Waals surface area contributed by atoms with E-state index >= 15 is 0 Å². The molecule has 0 radical (unpaired) electrons. The predicted octanol–water partition coefficient (Wildman–Crippen LogP) is 1.46. The van der Waals surface area contributed by atoms with Gasteiger partial charge in [0.25, 0.3) is 10.5 Å². The molecule has 3 aromatic heterocycles. The lowest BCUT2D eigenvalue weighted by molar-refractivity contribution is -0.613. The second kappa shape index (κ2) is 2.48. The lowest BCUT2D eigenvalue weighted by Gasteiger charge is -1.89. The van der Waals surface area contributed by atoms with Crippen LogP contribution in [0, 0.1) is 6.92 Å². The number of nitrogens with two attached hydrogens (primary N) is 1. The van der Waals surface area contributed by atoms with Crippen molar-refractivity contribution in [3.05, 3.63) is 35.6 Å². The van der Waals surface area contributed by atoms with E-state index in [-0.39, 0.29) is 0 Å². The van der Waals surface area contributed by atoms with Gasteiger partial charge in [-0.15, -0.1) is 0 Å². The maximum atomic E-state index is 5.92. The molecule has 3 heterocycles. The number of thiazole rings is 1. The third-order valence-corrected chi connectivity index (χ3v) is 3.58. The zero-order valence-electron chi connectivity index (χ0n) is 7.77. The van der Waals surface area contributed by atoms with Gasteiger partial charge in [-0.3, -0.25) is 0 Å². The molecule has 2 N–H and O–H groups in total. The maximum Gasteiger partial charge on any atom is 0.271 e. The number of nitrogen functional groups attached to an aromatic ring is 1. The molecule has 14 heavy (non-hydrogen) atoms. The minimum Gasteiger partial charge on any atom is -0.316 e. The Hall–Kier alpha value is -1.55. The molecule has 3 aromatic rings. The van der Waals surface area contributed by atoms with Crippen LogP contribution in [0.1, 0.15) is 5.01 Å². The molecular formula is C10H10N3S+. The van der Waals surface area contributed by atoms with Gasteiger partial charge in [-0.2, -0.15) is 0 Å². The number of aromatic nitrogens is 2. The topological polar surface area (TPSA) is 34.3 Å². The fourth-order valence-corrected chi connectivity index (χ4v) is 2.75. The summed E-state index contributed by atoms with van der Waals surface area (Å²) in [6.45, 7) is 2.03. The van der Waals surface area contributed by atoms with Crippen molar-refractivity contribution in [2.24, 2.45) is 0 Å². The first kappa shape index (κ1) is 7.82. The molecule has 4 heteroatoms. The van der Waals surface area contributed by atoms with Gasteiger partial charge in [0.05, 0.1) is 11.7 Å². The molecule has 0 saturated heterocycles. The Morgan fingerprint density at radius 1 is 1.43 bits per heavy atom. The van der Waals surface area contributed by atoms with Crippen molar-refractivity contribution in [3.8, 4) is 0 Å². The Bertz CT molecular complexity index is 621. The Labute approximate surface area is 85.0 Å². The zero-order valence-corrected chi connectivity index (χ0v) is 8.58. The highest BCUT2D eigenvalue weighted by Crippen LogP contribution is 2.25. The highest BCUT2D eigenvalue weighted by atomic mass is 32.1. The third-order valence-electron chi connectivity index (χ3n) is 2.47. The van der Waals surface area contributed by atoms with Crippen molar-refractivity contribution < 1.29 is 4.68 Å². The van der Waals surface area contributed by atoms with E-state index in [1.165, 1.54) is 10.2 Å². The summed E-state index contributed by atoms with van der Waals surface area (Å²) in [4.78, 5) is 0. The van der Waals surface area contributed by atoms with E-state index in [9.17, 15) is 0 Å². The Morgan fingerprint density at radius 2 is 2.29 bits per heavy atom. The molecule has 0 atom stereocenters. The number of fused-ring (bicyclic) bond motifs is 3. The monoisotopic (exact) mass is 204 g/mol. The highest BCUT2D eigenvalue weighted by molar-refractivity contribution is 7.19. The summed E-state index contributed by atoms with van der Waals surface area (Å²) in [7, 11) is 0. The molecule has 0 amide bonds. The van der Waals surface area contributed by atoms with Crippen LogP contribution in [0.15, 0.2) is 30.6 Å². The van der Waals surface area contributed by atoms with Crippen molar-refractivity contribution in [3.63, 3.8) is 0 Å². The largest absolute Gasteiger partial charge is 0.316 e. The van der Waals surface area contributed by atoms with Crippen LogP contribution in [0.5, 0.6) is 0 Å². The van der Waals surface area contributed by atoms with E-state index in [0.29, 0.717) is 0 Å². The Balaban J connectivity index is 2.60. The summed E-state index contributed by atoms with van der Waals surface area (Å²) in [5.41, 5.74) is 2.32. The number of aryl methyl sites for hydroxylation is 1. The molecule has 0 saturated carbocycles. The molecule has 0 spiro atoms. The first-order valence-corrected chi connectivity index (χ1v) is 5.25. The van der Waals surface area contributed by atoms with Crippen molar-refractivity contribution in [2.75, 3.05) is 5.84 Å². The van der Waals surface area contributed by atoms with Crippen molar-refractivity contribution >= 4 is 27.1 Å². The fourth-order valence-electron chi connectivity index (χ4n) is 1.73. The van der Waals surface area contributed by atoms with Crippen LogP contribution in [0.4, 0.5) is 0 Å². The average molecular weight is 204 g/mol. The first-order chi connectivity index (χ1) is 6.77. The van der Waals surface area contributed by atoms with Gasteiger partial charge < -0.3 is 4.40 Å². The molecule has 0 unspecified atom stereocenters. The number of pyridine rings is 1. The summed E-state index contributed by atoms with van der Waals surface area (Å²) in [5, 5.41) is 1.13. The van der Waals surface area contributed by atoms with Gasteiger partial charge in [0.1, 0.15) is 4.70 Å². The van der Waals surface area contributed by atoms with Gasteiger partial charge >= 0.3 is 0 Å². The molecule has 0 aliphatic rings. The van der Waals surface area contributed by atoms with Crippen molar-refractivity contribution in [1.82, 2.24) is 4.40 Å². The Kier molecular flexibility index (Phi) is 1.39. The predicted molar refractivity (Wildman–Crippen MR) is 57.9 cm³/mol. The van der Waals surface area contributed by atoms with E-state index in [0.717, 1.165) is 10.5 Å². The van der Waals surface area contributed by atoms with Gasteiger partial charge in [-0.25, -0.2) is 5.84 Å². The lowest BCUT2D eigenvalue weighted by atomic mass is 10.4. The molecule has 70 valence electrons. The number of rotatable bonds is 0. The molecule has 0 aliphatic heterocycles. The number of nitrogens with zero attached hydrogens (tertiary/aromatic N) is 2. The van der Waals surface area contributed by atoms with Gasteiger partial charge in [-0.1, -0.05) is 22.1 Å². The van der Waals surface area contributed by atoms with Gasteiger partial charge in [0.15, 0.2) is 0 Å². The van der Waals surface area contributed by atoms with Crippen LogP contribution in [0.3, 0.4) is 0 Å². The number of hydrogen-bond donors (Lipinski definition) is 1. The van der Waals surface area contributed by atoms with Crippen LogP contribution < -0.4 is 10.5 Å². The SMILES string of the molecule is Cc1sc2c3ccccn3cc2[n+]1N. The van der Waals surface area contributed by atoms with Gasteiger partial charge in [0, 0.05) is 13.1 Å². The summed E-state index contributed by atoms with van der Waals surface area (Å²) in [5.74, 6) is 5.92. The molecule has 0 fully saturated rings. The number of hydrogen-bond acceptors (Lipinski definition) is 2. The first-order valence-electron chi connectivity index (χ1n) is 4.43. The normalized spacial score (nSPS) is 11.5. The molecule has 3 rings (SSSR count). The molecular weight excluding hydrogens is 194 g/mol. The van der Waals surface area contributed by atoms with Crippen LogP contribution in [0.25, 0.3) is 15.7 Å². The second-order valence-electron chi connectivity index (χ2n) is 3.33. The summed E-state index contributed by atoms with van der Waals surface area (Å²) < 4.78 is 5.10. The van der Waals surface area contributed by atoms with E-state index in [4.69, 9.17) is 5.84 Å². The van der Waals surface area contributed by atoms with E-state index in [1.54, 1.807) is 16.0 Å². The van der Waals surface area contributed by atoms with E-state index < -0.39 is 0 Å². The van der Waals surface area contributed by atoms with Gasteiger partial charge in [0.2, 0.25) is 0 Å². The van der Waals surface area contributed by atoms with E-state index in [1.807, 2.05) is 25.3 Å². The minimum absolute atomic E-state index is 1.10. The molecule has 0 aliphatic carbocycles. The van der Waals surface area contributed by atoms with Crippen molar-refractivity contribution in [1.29, 1.82) is 0 Å². The average Bonchev–Trinajstić information content (AvgIpc) is 2.67. The molecule has 3 nitrogen and oxygen atoms in total. The third kappa shape index (κ3) is 0.834. The maximum absolute atomic E-state index is 5.92. The zero-order chi connectivity index (χ0) is 9.71. The molecule has 0 aromatic carbocycles. The van der Waals surface area contributed by atoms with Crippen LogP contribution >= 0.6 is 11.3 Å². The van der Waals surface area contributed by atoms with Crippen LogP contribution in [-0.4, -0.2) is 4.40 Å². The standard InChI is InChI=1S/C10H10N3S/c1-7-13(11)9-6-12-5-3-2-4-8(12)10(9)14-7/h2-6H,11H2,1H3/q+1. The minimum atomic E-state index is 1.10. The summed E-state index contributed by atoms with van der Waals surface area (Å²) in [6, 6.07) is 6.17. The highest BCUT2D eigenvalue weighted by Gasteiger charge is 2.18. The lowest BCUT2D eigenvalue weighted by Crippen LogP contribution is -2.45. The van der Waals surface area contributed by atoms with Crippen LogP contribution in [-0.2, 0) is 0 Å². The Morgan fingerprint density at radius 3 is 3.14 bits per heavy atom. The smallest absolute Gasteiger partial charge is 0.271 e. The van der Waals surface area contributed by atoms with Crippen molar-refractivity contribution in [2.45, 2.75) is 6.92 Å². The summed E-state index contributed by atoms with van der Waals surface area (Å²) >= 11 is 1.73. The van der Waals surface area contributed by atoms with Gasteiger partial charge in [-0.05, 0) is 12.1 Å². The second-order valence-corrected chi connectivity index (χ2v) is 4.53. The quantitative estimate of drug-likeness (QED) is 0.436. The van der Waals surface area contributed by atoms with E-state index in [2.05, 4.69) is 16.7 Å².